The first-order chi connectivity index (χ1) is 12.3. The Morgan fingerprint density at radius 1 is 1.16 bits per heavy atom. The summed E-state index contributed by atoms with van der Waals surface area (Å²) in [6, 6.07) is 19.6. The highest BCUT2D eigenvalue weighted by molar-refractivity contribution is 5.89. The minimum atomic E-state index is -0.588. The van der Waals surface area contributed by atoms with Crippen LogP contribution >= 0.6 is 0 Å². The van der Waals surface area contributed by atoms with Crippen LogP contribution in [0, 0.1) is 0 Å². The molecule has 1 N–H and O–H groups in total. The highest BCUT2D eigenvalue weighted by Crippen LogP contribution is 2.22. The maximum Gasteiger partial charge on any atom is 0.427 e. The molecule has 0 bridgehead atoms. The van der Waals surface area contributed by atoms with Crippen molar-refractivity contribution in [2.24, 2.45) is 5.10 Å². The van der Waals surface area contributed by atoms with Crippen molar-refractivity contribution in [3.05, 3.63) is 72.4 Å². The fourth-order valence-electron chi connectivity index (χ4n) is 2.33. The molecule has 2 aromatic carbocycles. The molecule has 0 aliphatic heterocycles. The second-order valence-electron chi connectivity index (χ2n) is 5.17. The van der Waals surface area contributed by atoms with Crippen molar-refractivity contribution in [1.29, 1.82) is 0 Å². The molecule has 3 rings (SSSR count). The summed E-state index contributed by atoms with van der Waals surface area (Å²) in [6.45, 7) is 2.03. The summed E-state index contributed by atoms with van der Waals surface area (Å²) in [6.07, 6.45) is 2.84. The maximum absolute atomic E-state index is 11.3. The van der Waals surface area contributed by atoms with Gasteiger partial charge in [-0.05, 0) is 19.1 Å². The van der Waals surface area contributed by atoms with Crippen LogP contribution in [0.1, 0.15) is 12.5 Å². The summed E-state index contributed by atoms with van der Waals surface area (Å²) in [5.74, 6) is 0. The third-order valence-corrected chi connectivity index (χ3v) is 3.45. The van der Waals surface area contributed by atoms with Gasteiger partial charge in [-0.2, -0.15) is 10.2 Å². The van der Waals surface area contributed by atoms with Crippen molar-refractivity contribution in [3.8, 4) is 16.9 Å². The Balaban J connectivity index is 1.93. The molecule has 1 amide bonds. The lowest BCUT2D eigenvalue weighted by molar-refractivity contribution is 0.152. The fraction of sp³-hybridized carbons (Fsp3) is 0.105. The number of aromatic nitrogens is 2. The molecule has 1 aromatic heterocycles. The highest BCUT2D eigenvalue weighted by Gasteiger charge is 2.10. The van der Waals surface area contributed by atoms with E-state index in [0.29, 0.717) is 6.61 Å². The zero-order valence-electron chi connectivity index (χ0n) is 13.8. The van der Waals surface area contributed by atoms with Gasteiger partial charge in [0.25, 0.3) is 0 Å². The number of rotatable bonds is 5. The molecule has 0 radical (unpaired) electrons. The average molecular weight is 334 g/mol. The molecule has 6 heteroatoms. The lowest BCUT2D eigenvalue weighted by Crippen LogP contribution is -2.18. The number of para-hydroxylation sites is 1. The average Bonchev–Trinajstić information content (AvgIpc) is 3.08. The highest BCUT2D eigenvalue weighted by atomic mass is 16.5. The van der Waals surface area contributed by atoms with Gasteiger partial charge in [0, 0.05) is 17.3 Å². The van der Waals surface area contributed by atoms with Crippen molar-refractivity contribution in [2.75, 3.05) is 6.61 Å². The lowest BCUT2D eigenvalue weighted by Gasteiger charge is -2.00. The fourth-order valence-corrected chi connectivity index (χ4v) is 2.33. The van der Waals surface area contributed by atoms with Gasteiger partial charge >= 0.3 is 6.09 Å². The number of hydrazone groups is 1. The van der Waals surface area contributed by atoms with E-state index in [0.717, 1.165) is 22.5 Å². The molecule has 0 fully saturated rings. The van der Waals surface area contributed by atoms with Gasteiger partial charge in [-0.15, -0.1) is 0 Å². The standard InChI is InChI=1S/C19H18N4O2/c1-2-25-19(24)21-20-13-16-14-23(17-11-7-4-8-12-17)22-18(16)15-9-5-3-6-10-15/h3-14H,2H2,1H3,(H,21,24)/b20-13+. The van der Waals surface area contributed by atoms with Crippen molar-refractivity contribution < 1.29 is 9.53 Å². The van der Waals surface area contributed by atoms with Gasteiger partial charge in [-0.25, -0.2) is 14.9 Å². The molecule has 1 heterocycles. The summed E-state index contributed by atoms with van der Waals surface area (Å²) in [4.78, 5) is 11.3. The van der Waals surface area contributed by atoms with Gasteiger partial charge in [0.15, 0.2) is 0 Å². The van der Waals surface area contributed by atoms with Crippen molar-refractivity contribution >= 4 is 12.3 Å². The van der Waals surface area contributed by atoms with Gasteiger partial charge in [0.2, 0.25) is 0 Å². The number of nitrogens with one attached hydrogen (secondary N) is 1. The van der Waals surface area contributed by atoms with E-state index in [1.807, 2.05) is 66.9 Å². The maximum atomic E-state index is 11.3. The monoisotopic (exact) mass is 334 g/mol. The molecule has 0 atom stereocenters. The molecule has 25 heavy (non-hydrogen) atoms. The third-order valence-electron chi connectivity index (χ3n) is 3.45. The number of amides is 1. The minimum absolute atomic E-state index is 0.294. The van der Waals surface area contributed by atoms with Crippen LogP contribution in [0.25, 0.3) is 16.9 Å². The Labute approximate surface area is 145 Å². The van der Waals surface area contributed by atoms with Crippen molar-refractivity contribution in [1.82, 2.24) is 15.2 Å². The number of hydrogen-bond acceptors (Lipinski definition) is 4. The van der Waals surface area contributed by atoms with Crippen LogP contribution < -0.4 is 5.43 Å². The van der Waals surface area contributed by atoms with E-state index < -0.39 is 6.09 Å². The molecule has 6 nitrogen and oxygen atoms in total. The summed E-state index contributed by atoms with van der Waals surface area (Å²) in [5, 5.41) is 8.62. The van der Waals surface area contributed by atoms with E-state index in [-0.39, 0.29) is 0 Å². The Morgan fingerprint density at radius 2 is 1.84 bits per heavy atom. The lowest BCUT2D eigenvalue weighted by atomic mass is 10.1. The Hall–Kier alpha value is -3.41. The topological polar surface area (TPSA) is 68.5 Å². The van der Waals surface area contributed by atoms with Crippen molar-refractivity contribution in [2.45, 2.75) is 6.92 Å². The summed E-state index contributed by atoms with van der Waals surface area (Å²) in [7, 11) is 0. The van der Waals surface area contributed by atoms with Gasteiger partial charge in [-0.3, -0.25) is 0 Å². The first-order valence-corrected chi connectivity index (χ1v) is 7.94. The van der Waals surface area contributed by atoms with Crippen molar-refractivity contribution in [3.63, 3.8) is 0 Å². The van der Waals surface area contributed by atoms with Crippen LogP contribution in [0.3, 0.4) is 0 Å². The number of nitrogens with zero attached hydrogens (tertiary/aromatic N) is 3. The van der Waals surface area contributed by atoms with Gasteiger partial charge in [0.1, 0.15) is 5.69 Å². The largest absolute Gasteiger partial charge is 0.449 e. The second-order valence-corrected chi connectivity index (χ2v) is 5.17. The first kappa shape index (κ1) is 16.4. The van der Waals surface area contributed by atoms with Crippen LogP contribution in [0.5, 0.6) is 0 Å². The molecule has 0 spiro atoms. The molecule has 0 aliphatic rings. The first-order valence-electron chi connectivity index (χ1n) is 7.94. The smallest absolute Gasteiger partial charge is 0.427 e. The molecule has 0 saturated heterocycles. The Kier molecular flexibility index (Phi) is 5.21. The van der Waals surface area contributed by atoms with E-state index in [4.69, 9.17) is 4.74 Å². The van der Waals surface area contributed by atoms with E-state index in [2.05, 4.69) is 15.6 Å². The van der Waals surface area contributed by atoms with Crippen LogP contribution in [-0.4, -0.2) is 28.7 Å². The Morgan fingerprint density at radius 3 is 2.52 bits per heavy atom. The van der Waals surface area contributed by atoms with E-state index in [9.17, 15) is 4.79 Å². The Bertz CT molecular complexity index is 858. The van der Waals surface area contributed by atoms with Gasteiger partial charge in [-0.1, -0.05) is 48.5 Å². The third kappa shape index (κ3) is 4.11. The number of benzene rings is 2. The molecular weight excluding hydrogens is 316 g/mol. The molecule has 0 saturated carbocycles. The quantitative estimate of drug-likeness (QED) is 0.572. The summed E-state index contributed by atoms with van der Waals surface area (Å²) in [5.41, 5.74) is 5.80. The summed E-state index contributed by atoms with van der Waals surface area (Å²) < 4.78 is 6.57. The minimum Gasteiger partial charge on any atom is -0.449 e. The normalized spacial score (nSPS) is 10.8. The van der Waals surface area contributed by atoms with E-state index in [1.165, 1.54) is 0 Å². The van der Waals surface area contributed by atoms with Gasteiger partial charge < -0.3 is 4.74 Å². The zero-order chi connectivity index (χ0) is 17.5. The van der Waals surface area contributed by atoms with Crippen LogP contribution in [-0.2, 0) is 4.74 Å². The molecule has 126 valence electrons. The van der Waals surface area contributed by atoms with Crippen LogP contribution in [0.2, 0.25) is 0 Å². The molecular formula is C19H18N4O2. The molecule has 3 aromatic rings. The predicted octanol–water partition coefficient (Wildman–Crippen LogP) is 3.62. The summed E-state index contributed by atoms with van der Waals surface area (Å²) >= 11 is 0. The van der Waals surface area contributed by atoms with Crippen LogP contribution in [0.4, 0.5) is 4.79 Å². The van der Waals surface area contributed by atoms with E-state index >= 15 is 0 Å². The number of ether oxygens (including phenoxy) is 1. The number of carbonyl (C=O) groups excluding carboxylic acids is 1. The zero-order valence-corrected chi connectivity index (χ0v) is 13.8. The van der Waals surface area contributed by atoms with Crippen LogP contribution in [0.15, 0.2) is 72.0 Å². The number of hydrogen-bond donors (Lipinski definition) is 1. The predicted molar refractivity (Wildman–Crippen MR) is 96.8 cm³/mol. The van der Waals surface area contributed by atoms with E-state index in [1.54, 1.807) is 17.8 Å². The molecule has 0 unspecified atom stereocenters. The molecule has 0 aliphatic carbocycles. The van der Waals surface area contributed by atoms with Gasteiger partial charge in [0.05, 0.1) is 18.5 Å². The number of carbonyl (C=O) groups is 1. The SMILES string of the molecule is CCOC(=O)N/N=C/c1cn(-c2ccccc2)nc1-c1ccccc1. The second kappa shape index (κ2) is 7.92.